The Labute approximate surface area is 169 Å². The second kappa shape index (κ2) is 9.74. The summed E-state index contributed by atoms with van der Waals surface area (Å²) in [5, 5.41) is 2.81. The lowest BCUT2D eigenvalue weighted by Gasteiger charge is -2.35. The van der Waals surface area contributed by atoms with Crippen LogP contribution in [0.1, 0.15) is 44.1 Å². The van der Waals surface area contributed by atoms with Gasteiger partial charge in [-0.25, -0.2) is 8.42 Å². The summed E-state index contributed by atoms with van der Waals surface area (Å²) in [6.07, 6.45) is 6.47. The molecule has 1 amide bonds. The van der Waals surface area contributed by atoms with Crippen molar-refractivity contribution in [2.75, 3.05) is 43.4 Å². The van der Waals surface area contributed by atoms with Crippen LogP contribution in [0.15, 0.2) is 24.3 Å². The molecule has 1 aliphatic heterocycles. The van der Waals surface area contributed by atoms with Gasteiger partial charge < -0.3 is 10.2 Å². The Hall–Kier alpha value is -1.60. The highest BCUT2D eigenvalue weighted by Crippen LogP contribution is 2.26. The summed E-state index contributed by atoms with van der Waals surface area (Å²) < 4.78 is 26.8. The van der Waals surface area contributed by atoms with Crippen molar-refractivity contribution in [3.05, 3.63) is 29.8 Å². The van der Waals surface area contributed by atoms with Crippen LogP contribution < -0.4 is 10.2 Å². The Morgan fingerprint density at radius 2 is 1.82 bits per heavy atom. The van der Waals surface area contributed by atoms with Crippen LogP contribution in [0.4, 0.5) is 5.69 Å². The molecule has 0 unspecified atom stereocenters. The van der Waals surface area contributed by atoms with Crippen molar-refractivity contribution in [2.45, 2.75) is 45.4 Å². The number of nitrogens with zero attached hydrogens (tertiary/aromatic N) is 2. The fourth-order valence-corrected chi connectivity index (χ4v) is 5.56. The molecule has 2 fully saturated rings. The number of aryl methyl sites for hydroxylation is 1. The van der Waals surface area contributed by atoms with Gasteiger partial charge in [-0.15, -0.1) is 0 Å². The minimum Gasteiger partial charge on any atom is -0.369 e. The van der Waals surface area contributed by atoms with E-state index in [1.54, 1.807) is 4.31 Å². The van der Waals surface area contributed by atoms with Crippen LogP contribution in [0, 0.1) is 12.8 Å². The molecule has 0 bridgehead atoms. The standard InChI is InChI=1S/C21H33N3O3S/c1-18-6-5-9-20(16-18)23-11-13-24(14-12-23)28(26,27)15-10-22-21(25)17-19-7-3-2-4-8-19/h5-6,9,16,19H,2-4,7-8,10-15,17H2,1H3,(H,22,25). The van der Waals surface area contributed by atoms with Crippen LogP contribution in [0.3, 0.4) is 0 Å². The molecule has 0 spiro atoms. The van der Waals surface area contributed by atoms with E-state index in [4.69, 9.17) is 0 Å². The lowest BCUT2D eigenvalue weighted by Crippen LogP contribution is -2.50. The molecule has 0 radical (unpaired) electrons. The molecule has 6 nitrogen and oxygen atoms in total. The average molecular weight is 408 g/mol. The number of anilines is 1. The molecule has 1 aliphatic carbocycles. The number of hydrogen-bond acceptors (Lipinski definition) is 4. The molecule has 28 heavy (non-hydrogen) atoms. The second-order valence-corrected chi connectivity index (χ2v) is 10.2. The molecule has 0 atom stereocenters. The quantitative estimate of drug-likeness (QED) is 0.754. The lowest BCUT2D eigenvalue weighted by molar-refractivity contribution is -0.122. The van der Waals surface area contributed by atoms with Crippen molar-refractivity contribution in [2.24, 2.45) is 5.92 Å². The van der Waals surface area contributed by atoms with Crippen LogP contribution in [0.25, 0.3) is 0 Å². The highest BCUT2D eigenvalue weighted by atomic mass is 32.2. The van der Waals surface area contributed by atoms with Gasteiger partial charge >= 0.3 is 0 Å². The second-order valence-electron chi connectivity index (χ2n) is 8.10. The normalized spacial score (nSPS) is 19.5. The molecule has 3 rings (SSSR count). The van der Waals surface area contributed by atoms with Gasteiger partial charge in [0, 0.05) is 44.8 Å². The van der Waals surface area contributed by atoms with E-state index in [2.05, 4.69) is 35.3 Å². The SMILES string of the molecule is Cc1cccc(N2CCN(S(=O)(=O)CCNC(=O)CC3CCCCC3)CC2)c1. The summed E-state index contributed by atoms with van der Waals surface area (Å²) in [6.45, 7) is 4.63. The molecule has 156 valence electrons. The molecular weight excluding hydrogens is 374 g/mol. The van der Waals surface area contributed by atoms with Crippen molar-refractivity contribution in [1.82, 2.24) is 9.62 Å². The third kappa shape index (κ3) is 5.95. The van der Waals surface area contributed by atoms with E-state index in [0.717, 1.165) is 18.5 Å². The van der Waals surface area contributed by atoms with Crippen LogP contribution in [0.2, 0.25) is 0 Å². The van der Waals surface area contributed by atoms with Crippen LogP contribution >= 0.6 is 0 Å². The number of benzene rings is 1. The number of carbonyl (C=O) groups is 1. The Morgan fingerprint density at radius 1 is 1.11 bits per heavy atom. The van der Waals surface area contributed by atoms with Gasteiger partial charge in [0.2, 0.25) is 15.9 Å². The van der Waals surface area contributed by atoms with Gasteiger partial charge in [0.15, 0.2) is 0 Å². The molecule has 1 saturated heterocycles. The summed E-state index contributed by atoms with van der Waals surface area (Å²) in [7, 11) is -3.33. The Morgan fingerprint density at radius 3 is 2.50 bits per heavy atom. The zero-order valence-corrected chi connectivity index (χ0v) is 17.7. The van der Waals surface area contributed by atoms with Crippen molar-refractivity contribution in [1.29, 1.82) is 0 Å². The minimum absolute atomic E-state index is 0.00799. The molecule has 1 saturated carbocycles. The summed E-state index contributed by atoms with van der Waals surface area (Å²) in [6, 6.07) is 8.29. The van der Waals surface area contributed by atoms with Gasteiger partial charge in [-0.3, -0.25) is 4.79 Å². The average Bonchev–Trinajstić information content (AvgIpc) is 2.69. The first-order chi connectivity index (χ1) is 13.4. The van der Waals surface area contributed by atoms with Gasteiger partial charge in [0.25, 0.3) is 0 Å². The summed E-state index contributed by atoms with van der Waals surface area (Å²) in [5.41, 5.74) is 2.35. The van der Waals surface area contributed by atoms with Crippen molar-refractivity contribution in [3.8, 4) is 0 Å². The van der Waals surface area contributed by atoms with Crippen LogP contribution in [-0.4, -0.2) is 57.1 Å². The molecule has 7 heteroatoms. The summed E-state index contributed by atoms with van der Waals surface area (Å²) >= 11 is 0. The number of piperazine rings is 1. The van der Waals surface area contributed by atoms with E-state index in [-0.39, 0.29) is 18.2 Å². The van der Waals surface area contributed by atoms with Crippen LogP contribution in [0.5, 0.6) is 0 Å². The Bertz CT molecular complexity index is 752. The highest BCUT2D eigenvalue weighted by Gasteiger charge is 2.27. The summed E-state index contributed by atoms with van der Waals surface area (Å²) in [5.74, 6) is 0.444. The maximum absolute atomic E-state index is 12.6. The van der Waals surface area contributed by atoms with Gasteiger partial charge in [0.1, 0.15) is 0 Å². The van der Waals surface area contributed by atoms with Crippen molar-refractivity contribution >= 4 is 21.6 Å². The topological polar surface area (TPSA) is 69.7 Å². The molecular formula is C21H33N3O3S. The van der Waals surface area contributed by atoms with Crippen LogP contribution in [-0.2, 0) is 14.8 Å². The molecule has 2 aliphatic rings. The van der Waals surface area contributed by atoms with E-state index in [1.807, 2.05) is 6.07 Å². The summed E-state index contributed by atoms with van der Waals surface area (Å²) in [4.78, 5) is 14.3. The Balaban J connectivity index is 1.40. The number of nitrogens with one attached hydrogen (secondary N) is 1. The molecule has 1 heterocycles. The van der Waals surface area contributed by atoms with E-state index in [9.17, 15) is 13.2 Å². The molecule has 0 aromatic heterocycles. The molecule has 1 aromatic rings. The third-order valence-electron chi connectivity index (χ3n) is 5.88. The number of amides is 1. The van der Waals surface area contributed by atoms with Gasteiger partial charge in [0.05, 0.1) is 5.75 Å². The van der Waals surface area contributed by atoms with Gasteiger partial charge in [-0.05, 0) is 43.4 Å². The number of sulfonamides is 1. The predicted molar refractivity (Wildman–Crippen MR) is 113 cm³/mol. The van der Waals surface area contributed by atoms with E-state index < -0.39 is 10.0 Å². The fraction of sp³-hybridized carbons (Fsp3) is 0.667. The monoisotopic (exact) mass is 407 g/mol. The first kappa shape index (κ1) is 21.1. The fourth-order valence-electron chi connectivity index (χ4n) is 4.22. The number of hydrogen-bond donors (Lipinski definition) is 1. The first-order valence-corrected chi connectivity index (χ1v) is 12.1. The van der Waals surface area contributed by atoms with Crippen molar-refractivity contribution < 1.29 is 13.2 Å². The lowest BCUT2D eigenvalue weighted by atomic mass is 9.87. The zero-order chi connectivity index (χ0) is 20.0. The zero-order valence-electron chi connectivity index (χ0n) is 16.9. The maximum atomic E-state index is 12.6. The molecule has 1 aromatic carbocycles. The van der Waals surface area contributed by atoms with E-state index in [1.165, 1.54) is 24.8 Å². The Kier molecular flexibility index (Phi) is 7.35. The smallest absolute Gasteiger partial charge is 0.220 e. The van der Waals surface area contributed by atoms with Gasteiger partial charge in [-0.2, -0.15) is 4.31 Å². The first-order valence-electron chi connectivity index (χ1n) is 10.5. The largest absolute Gasteiger partial charge is 0.369 e. The van der Waals surface area contributed by atoms with E-state index in [0.29, 0.717) is 38.5 Å². The van der Waals surface area contributed by atoms with E-state index >= 15 is 0 Å². The van der Waals surface area contributed by atoms with Gasteiger partial charge in [-0.1, -0.05) is 31.4 Å². The molecule has 1 N–H and O–H groups in total. The number of rotatable bonds is 7. The van der Waals surface area contributed by atoms with Crippen molar-refractivity contribution in [3.63, 3.8) is 0 Å². The maximum Gasteiger partial charge on any atom is 0.220 e. The highest BCUT2D eigenvalue weighted by molar-refractivity contribution is 7.89. The minimum atomic E-state index is -3.33. The predicted octanol–water partition coefficient (Wildman–Crippen LogP) is 2.53. The number of carbonyl (C=O) groups excluding carboxylic acids is 1. The third-order valence-corrected chi connectivity index (χ3v) is 7.75.